The van der Waals surface area contributed by atoms with Crippen LogP contribution in [-0.2, 0) is 11.3 Å². The third-order valence-corrected chi connectivity index (χ3v) is 5.75. The van der Waals surface area contributed by atoms with Crippen molar-refractivity contribution in [3.8, 4) is 11.8 Å². The zero-order valence-corrected chi connectivity index (χ0v) is 17.0. The van der Waals surface area contributed by atoms with E-state index in [1.807, 2.05) is 30.5 Å². The molecule has 0 spiro atoms. The highest BCUT2D eigenvalue weighted by Gasteiger charge is 2.23. The summed E-state index contributed by atoms with van der Waals surface area (Å²) in [7, 11) is 0. The summed E-state index contributed by atoms with van der Waals surface area (Å²) < 4.78 is 5.68. The summed E-state index contributed by atoms with van der Waals surface area (Å²) in [6.45, 7) is 2.74. The van der Waals surface area contributed by atoms with Gasteiger partial charge in [0.05, 0.1) is 23.6 Å². The number of hydrogen-bond donors (Lipinski definition) is 1. The molecular weight excluding hydrogens is 406 g/mol. The van der Waals surface area contributed by atoms with Gasteiger partial charge in [-0.1, -0.05) is 6.07 Å². The molecule has 0 radical (unpaired) electrons. The van der Waals surface area contributed by atoms with E-state index in [0.717, 1.165) is 21.5 Å². The number of nitrogens with zero attached hydrogens (tertiary/aromatic N) is 4. The van der Waals surface area contributed by atoms with Gasteiger partial charge in [-0.05, 0) is 42.5 Å². The number of nitrogens with one attached hydrogen (secondary N) is 1. The van der Waals surface area contributed by atoms with Crippen LogP contribution in [0.3, 0.4) is 0 Å². The van der Waals surface area contributed by atoms with E-state index in [2.05, 4.69) is 26.3 Å². The number of carbonyl (C=O) groups is 1. The Morgan fingerprint density at radius 3 is 3.03 bits per heavy atom. The number of nitriles is 1. The van der Waals surface area contributed by atoms with Gasteiger partial charge in [-0.3, -0.25) is 14.8 Å². The summed E-state index contributed by atoms with van der Waals surface area (Å²) in [5.41, 5.74) is 1.92. The lowest BCUT2D eigenvalue weighted by molar-refractivity contribution is -0.115. The second-order valence-electron chi connectivity index (χ2n) is 5.93. The van der Waals surface area contributed by atoms with E-state index < -0.39 is 0 Å². The number of amidine groups is 1. The zero-order valence-electron chi connectivity index (χ0n) is 15.4. The molecule has 3 heterocycles. The number of fused-ring (bicyclic) bond motifs is 1. The second kappa shape index (κ2) is 8.43. The highest BCUT2D eigenvalue weighted by molar-refractivity contribution is 8.18. The fraction of sp³-hybridized carbons (Fsp3) is 0.150. The Morgan fingerprint density at radius 2 is 2.28 bits per heavy atom. The lowest BCUT2D eigenvalue weighted by Gasteiger charge is -2.09. The summed E-state index contributed by atoms with van der Waals surface area (Å²) in [5, 5.41) is 16.2. The van der Waals surface area contributed by atoms with Gasteiger partial charge in [-0.25, -0.2) is 4.98 Å². The summed E-state index contributed by atoms with van der Waals surface area (Å²) in [5.74, 6) is 0.316. The van der Waals surface area contributed by atoms with Gasteiger partial charge in [0, 0.05) is 23.2 Å². The first-order valence-electron chi connectivity index (χ1n) is 8.77. The van der Waals surface area contributed by atoms with Crippen molar-refractivity contribution < 1.29 is 9.53 Å². The number of aromatic nitrogens is 2. The zero-order chi connectivity index (χ0) is 20.2. The molecule has 7 nitrogen and oxygen atoms in total. The monoisotopic (exact) mass is 421 g/mol. The van der Waals surface area contributed by atoms with Crippen molar-refractivity contribution in [1.82, 2.24) is 15.3 Å². The van der Waals surface area contributed by atoms with E-state index >= 15 is 0 Å². The van der Waals surface area contributed by atoms with Crippen molar-refractivity contribution in [3.05, 3.63) is 57.0 Å². The van der Waals surface area contributed by atoms with Gasteiger partial charge in [-0.15, -0.1) is 11.3 Å². The molecule has 2 aromatic heterocycles. The molecular formula is C20H15N5O2S2. The summed E-state index contributed by atoms with van der Waals surface area (Å²) in [6, 6.07) is 7.71. The first-order valence-corrected chi connectivity index (χ1v) is 10.5. The molecule has 1 N–H and O–H groups in total. The van der Waals surface area contributed by atoms with Crippen LogP contribution in [0.4, 0.5) is 0 Å². The van der Waals surface area contributed by atoms with Crippen molar-refractivity contribution in [2.75, 3.05) is 6.61 Å². The van der Waals surface area contributed by atoms with E-state index in [0.29, 0.717) is 34.5 Å². The molecule has 0 bridgehead atoms. The molecule has 144 valence electrons. The third-order valence-electron chi connectivity index (χ3n) is 4.04. The second-order valence-corrected chi connectivity index (χ2v) is 7.94. The van der Waals surface area contributed by atoms with Gasteiger partial charge in [0.15, 0.2) is 5.17 Å². The first kappa shape index (κ1) is 19.1. The van der Waals surface area contributed by atoms with Crippen LogP contribution in [0.25, 0.3) is 17.0 Å². The Morgan fingerprint density at radius 1 is 1.38 bits per heavy atom. The van der Waals surface area contributed by atoms with Crippen LogP contribution >= 0.6 is 23.1 Å². The maximum absolute atomic E-state index is 12.3. The number of aliphatic imine (C=N–C) groups is 1. The lowest BCUT2D eigenvalue weighted by Crippen LogP contribution is -2.19. The van der Waals surface area contributed by atoms with Crippen molar-refractivity contribution in [2.45, 2.75) is 13.5 Å². The van der Waals surface area contributed by atoms with Crippen molar-refractivity contribution in [1.29, 1.82) is 5.26 Å². The first-order chi connectivity index (χ1) is 14.2. The highest BCUT2D eigenvalue weighted by atomic mass is 32.2. The number of thiazole rings is 1. The van der Waals surface area contributed by atoms with Crippen LogP contribution in [0.5, 0.6) is 5.75 Å². The largest absolute Gasteiger partial charge is 0.492 e. The number of thioether (sulfide) groups is 1. The van der Waals surface area contributed by atoms with Crippen LogP contribution in [0, 0.1) is 11.3 Å². The van der Waals surface area contributed by atoms with Crippen LogP contribution in [-0.4, -0.2) is 27.6 Å². The summed E-state index contributed by atoms with van der Waals surface area (Å²) in [6.07, 6.45) is 5.03. The minimum absolute atomic E-state index is 0.193. The minimum Gasteiger partial charge on any atom is -0.492 e. The average molecular weight is 422 g/mol. The molecule has 1 fully saturated rings. The Hall–Kier alpha value is -3.22. The smallest absolute Gasteiger partial charge is 0.264 e. The molecule has 29 heavy (non-hydrogen) atoms. The third kappa shape index (κ3) is 4.13. The summed E-state index contributed by atoms with van der Waals surface area (Å²) in [4.78, 5) is 25.8. The molecule has 1 aliphatic heterocycles. The molecule has 1 aliphatic rings. The van der Waals surface area contributed by atoms with Gasteiger partial charge >= 0.3 is 0 Å². The Balaban J connectivity index is 1.63. The van der Waals surface area contributed by atoms with Gasteiger partial charge in [0.2, 0.25) is 0 Å². The standard InChI is InChI=1S/C20H15N5O2S2/c1-2-27-18-13(9-21)10-23-15-4-3-12(7-14(15)18)8-16-19(26)25-20(29-16)24-11-17-22-5-6-28-17/h3-8,10H,2,11H2,1H3,(H,24,25,26). The van der Waals surface area contributed by atoms with E-state index in [4.69, 9.17) is 4.74 Å². The number of pyridine rings is 1. The average Bonchev–Trinajstić information content (AvgIpc) is 3.37. The van der Waals surface area contributed by atoms with E-state index in [9.17, 15) is 10.1 Å². The maximum atomic E-state index is 12.3. The Labute approximate surface area is 175 Å². The van der Waals surface area contributed by atoms with Crippen LogP contribution in [0.1, 0.15) is 23.1 Å². The lowest BCUT2D eigenvalue weighted by atomic mass is 10.1. The van der Waals surface area contributed by atoms with Gasteiger partial charge in [0.1, 0.15) is 22.4 Å². The molecule has 0 saturated carbocycles. The highest BCUT2D eigenvalue weighted by Crippen LogP contribution is 2.31. The van der Waals surface area contributed by atoms with Crippen LogP contribution < -0.4 is 10.1 Å². The quantitative estimate of drug-likeness (QED) is 0.630. The normalized spacial score (nSPS) is 16.3. The Bertz CT molecular complexity index is 1180. The molecule has 3 aromatic rings. The van der Waals surface area contributed by atoms with Gasteiger partial charge < -0.3 is 10.1 Å². The minimum atomic E-state index is -0.193. The Kier molecular flexibility index (Phi) is 5.55. The number of hydrogen-bond acceptors (Lipinski definition) is 8. The van der Waals surface area contributed by atoms with Crippen molar-refractivity contribution >= 4 is 51.2 Å². The van der Waals surface area contributed by atoms with E-state index in [-0.39, 0.29) is 5.91 Å². The summed E-state index contributed by atoms with van der Waals surface area (Å²) >= 11 is 2.82. The fourth-order valence-electron chi connectivity index (χ4n) is 2.78. The molecule has 1 amide bonds. The molecule has 0 unspecified atom stereocenters. The predicted molar refractivity (Wildman–Crippen MR) is 115 cm³/mol. The number of ether oxygens (including phenoxy) is 1. The number of amides is 1. The molecule has 4 rings (SSSR count). The number of benzene rings is 1. The number of rotatable bonds is 5. The maximum Gasteiger partial charge on any atom is 0.264 e. The fourth-order valence-corrected chi connectivity index (χ4v) is 4.14. The van der Waals surface area contributed by atoms with Crippen LogP contribution in [0.2, 0.25) is 0 Å². The van der Waals surface area contributed by atoms with Gasteiger partial charge in [0.25, 0.3) is 5.91 Å². The molecule has 0 aliphatic carbocycles. The molecule has 1 saturated heterocycles. The topological polar surface area (TPSA) is 100 Å². The van der Waals surface area contributed by atoms with E-state index in [1.54, 1.807) is 12.3 Å². The van der Waals surface area contributed by atoms with Gasteiger partial charge in [-0.2, -0.15) is 5.26 Å². The van der Waals surface area contributed by atoms with E-state index in [1.165, 1.54) is 29.3 Å². The van der Waals surface area contributed by atoms with Crippen molar-refractivity contribution in [2.24, 2.45) is 4.99 Å². The SMILES string of the molecule is CCOc1c(C#N)cnc2ccc(C=C3SC(=NCc4nccs4)NC3=O)cc12. The molecule has 1 aromatic carbocycles. The molecule has 9 heteroatoms. The predicted octanol–water partition coefficient (Wildman–Crippen LogP) is 3.72. The van der Waals surface area contributed by atoms with Crippen LogP contribution in [0.15, 0.2) is 45.9 Å². The van der Waals surface area contributed by atoms with Crippen molar-refractivity contribution in [3.63, 3.8) is 0 Å². The molecule has 0 atom stereocenters. The number of carbonyl (C=O) groups excluding carboxylic acids is 1.